The first-order chi connectivity index (χ1) is 13.5. The summed E-state index contributed by atoms with van der Waals surface area (Å²) in [4.78, 5) is 31.6. The maximum atomic E-state index is 13.1. The van der Waals surface area contributed by atoms with E-state index in [0.717, 1.165) is 10.6 Å². The van der Waals surface area contributed by atoms with Gasteiger partial charge in [-0.3, -0.25) is 9.59 Å². The van der Waals surface area contributed by atoms with Gasteiger partial charge in [0.25, 0.3) is 5.91 Å². The average Bonchev–Trinajstić information content (AvgIpc) is 3.38. The number of amides is 1. The summed E-state index contributed by atoms with van der Waals surface area (Å²) in [5.41, 5.74) is 0.813. The third kappa shape index (κ3) is 3.43. The number of benzene rings is 1. The molecule has 0 bridgehead atoms. The van der Waals surface area contributed by atoms with Crippen molar-refractivity contribution in [1.82, 2.24) is 19.7 Å². The standard InChI is InChI=1S/C20H20N4O3S/c1-13-9-10-14(20(26)27)12-23(13)19(25)17-21-18(16-8-5-11-28-16)24(22-17)15-6-3-2-4-7-15/h2-8,11,13-14H,9-10,12H2,1H3,(H,26,27). The zero-order chi connectivity index (χ0) is 19.7. The van der Waals surface area contributed by atoms with Crippen LogP contribution in [0, 0.1) is 5.92 Å². The average molecular weight is 396 g/mol. The lowest BCUT2D eigenvalue weighted by Gasteiger charge is -2.35. The van der Waals surface area contributed by atoms with E-state index in [2.05, 4.69) is 10.1 Å². The maximum Gasteiger partial charge on any atom is 0.308 e. The van der Waals surface area contributed by atoms with Crippen LogP contribution in [0.4, 0.5) is 0 Å². The van der Waals surface area contributed by atoms with E-state index in [0.29, 0.717) is 18.7 Å². The van der Waals surface area contributed by atoms with E-state index in [4.69, 9.17) is 0 Å². The summed E-state index contributed by atoms with van der Waals surface area (Å²) < 4.78 is 1.67. The van der Waals surface area contributed by atoms with Crippen LogP contribution in [0.15, 0.2) is 47.8 Å². The fraction of sp³-hybridized carbons (Fsp3) is 0.300. The SMILES string of the molecule is CC1CCC(C(=O)O)CN1C(=O)c1nc(-c2cccs2)n(-c2ccccc2)n1. The molecule has 1 N–H and O–H groups in total. The molecule has 3 aromatic rings. The Balaban J connectivity index is 1.72. The highest BCUT2D eigenvalue weighted by Gasteiger charge is 2.35. The van der Waals surface area contributed by atoms with Crippen LogP contribution in [0.25, 0.3) is 16.4 Å². The molecule has 1 aromatic carbocycles. The molecule has 1 amide bonds. The number of rotatable bonds is 4. The number of aromatic nitrogens is 3. The predicted molar refractivity (Wildman–Crippen MR) is 106 cm³/mol. The third-order valence-corrected chi connectivity index (χ3v) is 5.90. The van der Waals surface area contributed by atoms with Crippen LogP contribution < -0.4 is 0 Å². The summed E-state index contributed by atoms with van der Waals surface area (Å²) in [5, 5.41) is 15.8. The molecule has 8 heteroatoms. The molecule has 28 heavy (non-hydrogen) atoms. The first-order valence-electron chi connectivity index (χ1n) is 9.14. The fourth-order valence-corrected chi connectivity index (χ4v) is 4.14. The minimum atomic E-state index is -0.869. The predicted octanol–water partition coefficient (Wildman–Crippen LogP) is 3.32. The molecule has 1 aliphatic heterocycles. The summed E-state index contributed by atoms with van der Waals surface area (Å²) in [6, 6.07) is 13.4. The molecule has 7 nitrogen and oxygen atoms in total. The van der Waals surface area contributed by atoms with Crippen molar-refractivity contribution >= 4 is 23.2 Å². The van der Waals surface area contributed by atoms with Gasteiger partial charge < -0.3 is 10.0 Å². The van der Waals surface area contributed by atoms with E-state index >= 15 is 0 Å². The topological polar surface area (TPSA) is 88.3 Å². The van der Waals surface area contributed by atoms with Gasteiger partial charge >= 0.3 is 5.97 Å². The number of carbonyl (C=O) groups is 2. The quantitative estimate of drug-likeness (QED) is 0.731. The van der Waals surface area contributed by atoms with E-state index in [1.54, 1.807) is 9.58 Å². The Kier molecular flexibility index (Phi) is 4.95. The van der Waals surface area contributed by atoms with E-state index < -0.39 is 11.9 Å². The maximum absolute atomic E-state index is 13.1. The van der Waals surface area contributed by atoms with Crippen LogP contribution in [-0.2, 0) is 4.79 Å². The number of piperidine rings is 1. The second kappa shape index (κ2) is 7.55. The molecule has 1 aliphatic rings. The third-order valence-electron chi connectivity index (χ3n) is 5.03. The summed E-state index contributed by atoms with van der Waals surface area (Å²) in [6.07, 6.45) is 1.23. The van der Waals surface area contributed by atoms with E-state index in [1.807, 2.05) is 54.8 Å². The van der Waals surface area contributed by atoms with Gasteiger partial charge in [0.1, 0.15) is 0 Å². The second-order valence-electron chi connectivity index (χ2n) is 6.90. The Hall–Kier alpha value is -3.00. The van der Waals surface area contributed by atoms with Crippen molar-refractivity contribution < 1.29 is 14.7 Å². The van der Waals surface area contributed by atoms with E-state index in [1.165, 1.54) is 11.3 Å². The van der Waals surface area contributed by atoms with Crippen molar-refractivity contribution in [1.29, 1.82) is 0 Å². The molecule has 1 saturated heterocycles. The van der Waals surface area contributed by atoms with Crippen LogP contribution in [0.5, 0.6) is 0 Å². The number of thiophene rings is 1. The Labute approximate surface area is 166 Å². The molecule has 0 aliphatic carbocycles. The largest absolute Gasteiger partial charge is 0.481 e. The van der Waals surface area contributed by atoms with Gasteiger partial charge in [0.2, 0.25) is 5.82 Å². The van der Waals surface area contributed by atoms with Gasteiger partial charge in [0.05, 0.1) is 16.5 Å². The number of nitrogens with zero attached hydrogens (tertiary/aromatic N) is 4. The smallest absolute Gasteiger partial charge is 0.308 e. The van der Waals surface area contributed by atoms with Crippen LogP contribution in [0.3, 0.4) is 0 Å². The van der Waals surface area contributed by atoms with E-state index in [-0.39, 0.29) is 24.3 Å². The number of hydrogen-bond acceptors (Lipinski definition) is 5. The number of carboxylic acids is 1. The Morgan fingerprint density at radius 1 is 1.14 bits per heavy atom. The van der Waals surface area contributed by atoms with Crippen molar-refractivity contribution in [2.45, 2.75) is 25.8 Å². The second-order valence-corrected chi connectivity index (χ2v) is 7.85. The summed E-state index contributed by atoms with van der Waals surface area (Å²) in [5.74, 6) is -1.06. The molecule has 2 atom stereocenters. The first-order valence-corrected chi connectivity index (χ1v) is 10.0. The van der Waals surface area contributed by atoms with Crippen LogP contribution in [0.1, 0.15) is 30.4 Å². The number of hydrogen-bond donors (Lipinski definition) is 1. The molecule has 144 valence electrons. The van der Waals surface area contributed by atoms with Gasteiger partial charge in [-0.2, -0.15) is 0 Å². The Morgan fingerprint density at radius 3 is 2.61 bits per heavy atom. The summed E-state index contributed by atoms with van der Waals surface area (Å²) >= 11 is 1.52. The van der Waals surface area contributed by atoms with Crippen molar-refractivity contribution in [3.63, 3.8) is 0 Å². The molecule has 0 saturated carbocycles. The molecular weight excluding hydrogens is 376 g/mol. The van der Waals surface area contributed by atoms with Crippen molar-refractivity contribution in [2.24, 2.45) is 5.92 Å². The number of likely N-dealkylation sites (tertiary alicyclic amines) is 1. The summed E-state index contributed by atoms with van der Waals surface area (Å²) in [7, 11) is 0. The first kappa shape index (κ1) is 18.4. The lowest BCUT2D eigenvalue weighted by atomic mass is 9.93. The van der Waals surface area contributed by atoms with Crippen molar-refractivity contribution in [3.8, 4) is 16.4 Å². The molecule has 0 spiro atoms. The fourth-order valence-electron chi connectivity index (χ4n) is 3.44. The van der Waals surface area contributed by atoms with Gasteiger partial charge in [-0.15, -0.1) is 16.4 Å². The molecular formula is C20H20N4O3S. The minimum Gasteiger partial charge on any atom is -0.481 e. The van der Waals surface area contributed by atoms with Gasteiger partial charge in [-0.1, -0.05) is 24.3 Å². The number of carbonyl (C=O) groups excluding carboxylic acids is 1. The Bertz CT molecular complexity index is 984. The zero-order valence-electron chi connectivity index (χ0n) is 15.4. The minimum absolute atomic E-state index is 0.0445. The molecule has 0 radical (unpaired) electrons. The molecule has 3 heterocycles. The Morgan fingerprint density at radius 2 is 1.93 bits per heavy atom. The lowest BCUT2D eigenvalue weighted by Crippen LogP contribution is -2.47. The lowest BCUT2D eigenvalue weighted by molar-refractivity contribution is -0.143. The highest BCUT2D eigenvalue weighted by Crippen LogP contribution is 2.27. The highest BCUT2D eigenvalue weighted by atomic mass is 32.1. The number of aliphatic carboxylic acids is 1. The van der Waals surface area contributed by atoms with Crippen LogP contribution in [-0.4, -0.2) is 49.2 Å². The van der Waals surface area contributed by atoms with Crippen molar-refractivity contribution in [3.05, 3.63) is 53.7 Å². The van der Waals surface area contributed by atoms with Crippen molar-refractivity contribution in [2.75, 3.05) is 6.54 Å². The van der Waals surface area contributed by atoms with Crippen LogP contribution in [0.2, 0.25) is 0 Å². The molecule has 1 fully saturated rings. The summed E-state index contributed by atoms with van der Waals surface area (Å²) in [6.45, 7) is 2.12. The highest BCUT2D eigenvalue weighted by molar-refractivity contribution is 7.13. The molecule has 2 aromatic heterocycles. The molecule has 2 unspecified atom stereocenters. The monoisotopic (exact) mass is 396 g/mol. The normalized spacial score (nSPS) is 19.5. The van der Waals surface area contributed by atoms with Gasteiger partial charge in [-0.25, -0.2) is 9.67 Å². The van der Waals surface area contributed by atoms with E-state index in [9.17, 15) is 14.7 Å². The number of para-hydroxylation sites is 1. The zero-order valence-corrected chi connectivity index (χ0v) is 16.2. The van der Waals surface area contributed by atoms with Gasteiger partial charge in [0.15, 0.2) is 5.82 Å². The van der Waals surface area contributed by atoms with Crippen LogP contribution >= 0.6 is 11.3 Å². The number of carboxylic acid groups (broad SMARTS) is 1. The van der Waals surface area contributed by atoms with Gasteiger partial charge in [0, 0.05) is 12.6 Å². The van der Waals surface area contributed by atoms with Gasteiger partial charge in [-0.05, 0) is 43.3 Å². The molecule has 4 rings (SSSR count).